The molecular weight excluding hydrogens is 327 g/mol. The minimum atomic E-state index is -0.523. The molecule has 0 spiro atoms. The van der Waals surface area contributed by atoms with Crippen LogP contribution in [-0.4, -0.2) is 22.0 Å². The lowest BCUT2D eigenvalue weighted by atomic mass is 10.2. The van der Waals surface area contributed by atoms with Crippen molar-refractivity contribution >= 4 is 23.3 Å². The van der Waals surface area contributed by atoms with Gasteiger partial charge in [0.2, 0.25) is 0 Å². The molecule has 0 atom stereocenters. The van der Waals surface area contributed by atoms with Crippen molar-refractivity contribution in [1.82, 2.24) is 10.1 Å². The van der Waals surface area contributed by atoms with Gasteiger partial charge in [-0.1, -0.05) is 5.16 Å². The van der Waals surface area contributed by atoms with Crippen LogP contribution < -0.4 is 10.6 Å². The van der Waals surface area contributed by atoms with E-state index in [2.05, 4.69) is 20.8 Å². The second kappa shape index (κ2) is 6.91. The number of benzene rings is 1. The first-order valence-electron chi connectivity index (χ1n) is 7.29. The van der Waals surface area contributed by atoms with Crippen LogP contribution in [0.4, 0.5) is 15.9 Å². The van der Waals surface area contributed by atoms with Gasteiger partial charge in [-0.05, 0) is 43.3 Å². The van der Waals surface area contributed by atoms with E-state index >= 15 is 0 Å². The van der Waals surface area contributed by atoms with Crippen LogP contribution >= 0.6 is 0 Å². The predicted octanol–water partition coefficient (Wildman–Crippen LogP) is 3.02. The summed E-state index contributed by atoms with van der Waals surface area (Å²) in [5.41, 5.74) is 0.723. The van der Waals surface area contributed by atoms with Gasteiger partial charge >= 0.3 is 0 Å². The van der Waals surface area contributed by atoms with Crippen molar-refractivity contribution < 1.29 is 18.5 Å². The number of rotatable bonds is 4. The highest BCUT2D eigenvalue weighted by Crippen LogP contribution is 2.12. The number of aromatic nitrogens is 2. The largest absolute Gasteiger partial charge is 0.360 e. The smallest absolute Gasteiger partial charge is 0.275 e. The first-order valence-corrected chi connectivity index (χ1v) is 7.29. The van der Waals surface area contributed by atoms with Crippen molar-refractivity contribution in [3.05, 3.63) is 71.5 Å². The Labute approximate surface area is 141 Å². The topological polar surface area (TPSA) is 97.1 Å². The number of carbonyl (C=O) groups is 2. The highest BCUT2D eigenvalue weighted by molar-refractivity contribution is 6.07. The minimum Gasteiger partial charge on any atom is -0.360 e. The summed E-state index contributed by atoms with van der Waals surface area (Å²) in [5, 5.41) is 8.79. The number of halogens is 1. The first-order chi connectivity index (χ1) is 12.0. The predicted molar refractivity (Wildman–Crippen MR) is 87.8 cm³/mol. The second-order valence-corrected chi connectivity index (χ2v) is 5.17. The molecule has 3 aromatic rings. The van der Waals surface area contributed by atoms with Crippen LogP contribution in [0.5, 0.6) is 0 Å². The minimum absolute atomic E-state index is 0.0485. The Morgan fingerprint density at radius 2 is 1.80 bits per heavy atom. The molecule has 0 fully saturated rings. The normalized spacial score (nSPS) is 10.3. The molecule has 2 N–H and O–H groups in total. The number of nitrogens with one attached hydrogen (secondary N) is 2. The molecule has 0 bridgehead atoms. The molecule has 25 heavy (non-hydrogen) atoms. The molecule has 8 heteroatoms. The zero-order valence-electron chi connectivity index (χ0n) is 13.1. The summed E-state index contributed by atoms with van der Waals surface area (Å²) < 4.78 is 17.8. The highest BCUT2D eigenvalue weighted by Gasteiger charge is 2.14. The van der Waals surface area contributed by atoms with Crippen molar-refractivity contribution in [2.75, 3.05) is 10.6 Å². The Bertz CT molecular complexity index is 922. The fraction of sp³-hybridized carbons (Fsp3) is 0.0588. The fourth-order valence-corrected chi connectivity index (χ4v) is 2.04. The van der Waals surface area contributed by atoms with Crippen molar-refractivity contribution in [2.24, 2.45) is 0 Å². The van der Waals surface area contributed by atoms with Gasteiger partial charge in [0, 0.05) is 23.5 Å². The molecule has 0 aliphatic heterocycles. The van der Waals surface area contributed by atoms with Crippen LogP contribution in [0.3, 0.4) is 0 Å². The van der Waals surface area contributed by atoms with Crippen molar-refractivity contribution in [1.29, 1.82) is 0 Å². The van der Waals surface area contributed by atoms with Crippen molar-refractivity contribution in [3.8, 4) is 0 Å². The van der Waals surface area contributed by atoms with Crippen LogP contribution in [0.1, 0.15) is 26.6 Å². The third-order valence-electron chi connectivity index (χ3n) is 3.23. The molecule has 0 saturated heterocycles. The summed E-state index contributed by atoms with van der Waals surface area (Å²) in [6.07, 6.45) is 1.35. The Hall–Kier alpha value is -3.55. The highest BCUT2D eigenvalue weighted by atomic mass is 19.1. The summed E-state index contributed by atoms with van der Waals surface area (Å²) in [4.78, 5) is 28.4. The quantitative estimate of drug-likeness (QED) is 0.761. The number of nitrogens with zero attached hydrogens (tertiary/aromatic N) is 2. The number of pyridine rings is 1. The maximum absolute atomic E-state index is 12.9. The van der Waals surface area contributed by atoms with E-state index in [0.717, 1.165) is 0 Å². The number of aryl methyl sites for hydroxylation is 1. The first kappa shape index (κ1) is 16.3. The lowest BCUT2D eigenvalue weighted by molar-refractivity contribution is 0.102. The Morgan fingerprint density at radius 3 is 2.48 bits per heavy atom. The van der Waals surface area contributed by atoms with Crippen LogP contribution in [0.25, 0.3) is 0 Å². The van der Waals surface area contributed by atoms with Gasteiger partial charge in [-0.3, -0.25) is 14.6 Å². The fourth-order valence-electron chi connectivity index (χ4n) is 2.04. The van der Waals surface area contributed by atoms with E-state index in [1.165, 1.54) is 42.6 Å². The van der Waals surface area contributed by atoms with Crippen LogP contribution in [-0.2, 0) is 0 Å². The lowest BCUT2D eigenvalue weighted by Gasteiger charge is -2.06. The molecule has 0 aliphatic rings. The number of hydrogen-bond donors (Lipinski definition) is 2. The maximum Gasteiger partial charge on any atom is 0.275 e. The van der Waals surface area contributed by atoms with Crippen LogP contribution in [0, 0.1) is 12.7 Å². The zero-order chi connectivity index (χ0) is 17.8. The van der Waals surface area contributed by atoms with Crippen LogP contribution in [0.15, 0.2) is 53.2 Å². The van der Waals surface area contributed by atoms with E-state index in [0.29, 0.717) is 11.4 Å². The van der Waals surface area contributed by atoms with E-state index in [9.17, 15) is 14.0 Å². The molecule has 0 radical (unpaired) electrons. The molecular formula is C17H13FN4O3. The maximum atomic E-state index is 12.9. The SMILES string of the molecule is Cc1cc(NC(=O)c2cc(C(=O)Nc3ccc(F)cc3)ccn2)no1. The Kier molecular flexibility index (Phi) is 4.51. The van der Waals surface area contributed by atoms with Crippen LogP contribution in [0.2, 0.25) is 0 Å². The second-order valence-electron chi connectivity index (χ2n) is 5.17. The third-order valence-corrected chi connectivity index (χ3v) is 3.23. The molecule has 126 valence electrons. The molecule has 0 aliphatic carbocycles. The lowest BCUT2D eigenvalue weighted by Crippen LogP contribution is -2.17. The Balaban J connectivity index is 1.72. The van der Waals surface area contributed by atoms with E-state index < -0.39 is 17.6 Å². The van der Waals surface area contributed by atoms with Gasteiger partial charge in [0.05, 0.1) is 0 Å². The summed E-state index contributed by atoms with van der Waals surface area (Å²) in [6, 6.07) is 9.73. The Morgan fingerprint density at radius 1 is 1.04 bits per heavy atom. The third kappa shape index (κ3) is 4.05. The molecule has 3 rings (SSSR count). The van der Waals surface area contributed by atoms with E-state index in [1.807, 2.05) is 0 Å². The number of hydrogen-bond acceptors (Lipinski definition) is 5. The summed E-state index contributed by atoms with van der Waals surface area (Å²) >= 11 is 0. The molecule has 1 aromatic carbocycles. The zero-order valence-corrected chi connectivity index (χ0v) is 13.1. The van der Waals surface area contributed by atoms with Gasteiger partial charge < -0.3 is 15.2 Å². The average Bonchev–Trinajstić information content (AvgIpc) is 3.02. The average molecular weight is 340 g/mol. The molecule has 0 unspecified atom stereocenters. The van der Waals surface area contributed by atoms with Gasteiger partial charge in [-0.2, -0.15) is 0 Å². The van der Waals surface area contributed by atoms with Gasteiger partial charge in [0.15, 0.2) is 5.82 Å². The monoisotopic (exact) mass is 340 g/mol. The number of anilines is 2. The summed E-state index contributed by atoms with van der Waals surface area (Å²) in [5.74, 6) is -0.560. The standard InChI is InChI=1S/C17H13FN4O3/c1-10-8-15(22-25-10)21-17(24)14-9-11(6-7-19-14)16(23)20-13-4-2-12(18)3-5-13/h2-9H,1H3,(H,20,23)(H,21,22,24). The van der Waals surface area contributed by atoms with Gasteiger partial charge in [-0.25, -0.2) is 4.39 Å². The van der Waals surface area contributed by atoms with Gasteiger partial charge in [-0.15, -0.1) is 0 Å². The van der Waals surface area contributed by atoms with Gasteiger partial charge in [0.25, 0.3) is 11.8 Å². The van der Waals surface area contributed by atoms with Gasteiger partial charge in [0.1, 0.15) is 17.3 Å². The summed E-state index contributed by atoms with van der Waals surface area (Å²) in [7, 11) is 0. The van der Waals surface area contributed by atoms with E-state index in [4.69, 9.17) is 4.52 Å². The van der Waals surface area contributed by atoms with Crippen molar-refractivity contribution in [2.45, 2.75) is 6.92 Å². The molecule has 7 nitrogen and oxygen atoms in total. The van der Waals surface area contributed by atoms with E-state index in [-0.39, 0.29) is 17.1 Å². The molecule has 2 aromatic heterocycles. The summed E-state index contributed by atoms with van der Waals surface area (Å²) in [6.45, 7) is 1.70. The van der Waals surface area contributed by atoms with E-state index in [1.54, 1.807) is 13.0 Å². The molecule has 0 saturated carbocycles. The molecule has 2 amide bonds. The van der Waals surface area contributed by atoms with Crippen molar-refractivity contribution in [3.63, 3.8) is 0 Å². The number of carbonyl (C=O) groups excluding carboxylic acids is 2. The number of amides is 2. The molecule has 2 heterocycles.